The summed E-state index contributed by atoms with van der Waals surface area (Å²) in [6, 6.07) is 6.01. The summed E-state index contributed by atoms with van der Waals surface area (Å²) in [6.07, 6.45) is 4.56. The number of nitrogens with two attached hydrogens (primary N) is 1. The van der Waals surface area contributed by atoms with Crippen molar-refractivity contribution in [2.75, 3.05) is 19.4 Å². The minimum absolute atomic E-state index is 0.132. The van der Waals surface area contributed by atoms with E-state index >= 15 is 0 Å². The Kier molecular flexibility index (Phi) is 6.26. The van der Waals surface area contributed by atoms with Crippen LogP contribution in [0.1, 0.15) is 53.6 Å². The molecule has 0 spiro atoms. The monoisotopic (exact) mass is 449 g/mol. The number of hydrogen-bond donors (Lipinski definition) is 1. The number of nitrogens with zero attached hydrogens (tertiary/aromatic N) is 4. The van der Waals surface area contributed by atoms with Gasteiger partial charge in [0.2, 0.25) is 5.95 Å². The van der Waals surface area contributed by atoms with E-state index in [4.69, 9.17) is 10.5 Å². The topological polar surface area (TPSA) is 94.2 Å². The van der Waals surface area contributed by atoms with Crippen LogP contribution in [-0.4, -0.2) is 39.4 Å². The van der Waals surface area contributed by atoms with Crippen molar-refractivity contribution in [3.63, 3.8) is 0 Å². The number of hydrogen-bond acceptors (Lipinski definition) is 6. The van der Waals surface area contributed by atoms with Gasteiger partial charge in [-0.25, -0.2) is 14.4 Å². The van der Waals surface area contributed by atoms with E-state index in [0.29, 0.717) is 52.7 Å². The van der Waals surface area contributed by atoms with Gasteiger partial charge < -0.3 is 15.4 Å². The molecular weight excluding hydrogens is 421 g/mol. The van der Waals surface area contributed by atoms with Crippen molar-refractivity contribution in [3.8, 4) is 16.9 Å². The molecule has 0 radical (unpaired) electrons. The molecule has 0 aliphatic carbocycles. The first-order chi connectivity index (χ1) is 15.8. The lowest BCUT2D eigenvalue weighted by atomic mass is 9.87. The Morgan fingerprint density at radius 3 is 2.76 bits per heavy atom. The van der Waals surface area contributed by atoms with Crippen molar-refractivity contribution in [2.45, 2.75) is 39.7 Å². The zero-order valence-corrected chi connectivity index (χ0v) is 19.3. The Morgan fingerprint density at radius 2 is 2.03 bits per heavy atom. The third-order valence-corrected chi connectivity index (χ3v) is 6.03. The largest absolute Gasteiger partial charge is 0.496 e. The first-order valence-electron chi connectivity index (χ1n) is 11.0. The second-order valence-corrected chi connectivity index (χ2v) is 8.70. The molecule has 1 amide bonds. The fraction of sp³-hybridized carbons (Fsp3) is 0.360. The molecule has 8 heteroatoms. The van der Waals surface area contributed by atoms with Gasteiger partial charge in [-0.15, -0.1) is 0 Å². The number of benzene rings is 1. The molecule has 0 saturated carbocycles. The summed E-state index contributed by atoms with van der Waals surface area (Å²) in [6.45, 7) is 6.58. The van der Waals surface area contributed by atoms with Crippen LogP contribution in [0.15, 0.2) is 36.7 Å². The van der Waals surface area contributed by atoms with Crippen LogP contribution in [0.2, 0.25) is 0 Å². The zero-order valence-electron chi connectivity index (χ0n) is 19.3. The van der Waals surface area contributed by atoms with Crippen molar-refractivity contribution in [2.24, 2.45) is 5.92 Å². The lowest BCUT2D eigenvalue weighted by Gasteiger charge is -2.38. The fourth-order valence-electron chi connectivity index (χ4n) is 4.41. The number of aryl methyl sites for hydroxylation is 1. The Bertz CT molecular complexity index is 1200. The predicted molar refractivity (Wildman–Crippen MR) is 124 cm³/mol. The van der Waals surface area contributed by atoms with Crippen LogP contribution in [0.5, 0.6) is 5.75 Å². The van der Waals surface area contributed by atoms with E-state index in [-0.39, 0.29) is 23.7 Å². The van der Waals surface area contributed by atoms with Crippen molar-refractivity contribution in [1.29, 1.82) is 0 Å². The van der Waals surface area contributed by atoms with Gasteiger partial charge in [-0.3, -0.25) is 9.78 Å². The fourth-order valence-corrected chi connectivity index (χ4v) is 4.41. The Hall–Kier alpha value is -3.55. The highest BCUT2D eigenvalue weighted by Crippen LogP contribution is 2.41. The first kappa shape index (κ1) is 22.6. The number of ether oxygens (including phenoxy) is 1. The highest BCUT2D eigenvalue weighted by atomic mass is 19.1. The van der Waals surface area contributed by atoms with Crippen LogP contribution in [0.4, 0.5) is 10.3 Å². The number of carbonyl (C=O) groups is 1. The van der Waals surface area contributed by atoms with Gasteiger partial charge >= 0.3 is 0 Å². The zero-order chi connectivity index (χ0) is 23.7. The first-order valence-corrected chi connectivity index (χ1v) is 11.0. The Labute approximate surface area is 192 Å². The van der Waals surface area contributed by atoms with Gasteiger partial charge in [0.05, 0.1) is 30.1 Å². The molecule has 172 valence electrons. The number of pyridine rings is 1. The highest BCUT2D eigenvalue weighted by molar-refractivity contribution is 5.98. The second-order valence-electron chi connectivity index (χ2n) is 8.70. The standard InChI is InChI=1S/C25H28FN5O2/c1-14(2)8-10-31-21(12-20-23(24(31)32)15(3)29-25(27)30-20)17-6-5-16(26)11-18(17)19-13-28-9-7-22(19)33-4/h5-7,9,11,13-14,21H,8,10,12H2,1-4H3,(H2,27,29,30)/t21-/m1/s1. The number of anilines is 1. The smallest absolute Gasteiger partial charge is 0.258 e. The van der Waals surface area contributed by atoms with Gasteiger partial charge in [0.1, 0.15) is 11.6 Å². The quantitative estimate of drug-likeness (QED) is 0.601. The third-order valence-electron chi connectivity index (χ3n) is 6.03. The average Bonchev–Trinajstić information content (AvgIpc) is 2.77. The molecule has 33 heavy (non-hydrogen) atoms. The molecule has 3 heterocycles. The maximum absolute atomic E-state index is 14.4. The molecule has 0 fully saturated rings. The minimum atomic E-state index is -0.377. The third kappa shape index (κ3) is 4.37. The van der Waals surface area contributed by atoms with Gasteiger partial charge in [-0.2, -0.15) is 0 Å². The summed E-state index contributed by atoms with van der Waals surface area (Å²) in [4.78, 5) is 28.4. The van der Waals surface area contributed by atoms with E-state index in [9.17, 15) is 9.18 Å². The van der Waals surface area contributed by atoms with Crippen LogP contribution in [0.3, 0.4) is 0 Å². The van der Waals surface area contributed by atoms with Crippen molar-refractivity contribution >= 4 is 11.9 Å². The highest BCUT2D eigenvalue weighted by Gasteiger charge is 2.37. The number of methoxy groups -OCH3 is 1. The summed E-state index contributed by atoms with van der Waals surface area (Å²) in [5.74, 6) is 0.623. The lowest BCUT2D eigenvalue weighted by molar-refractivity contribution is 0.0633. The van der Waals surface area contributed by atoms with Crippen LogP contribution >= 0.6 is 0 Å². The molecular formula is C25H28FN5O2. The number of aromatic nitrogens is 3. The molecule has 2 N–H and O–H groups in total. The van der Waals surface area contributed by atoms with Gasteiger partial charge in [-0.1, -0.05) is 19.9 Å². The van der Waals surface area contributed by atoms with Gasteiger partial charge in [0, 0.05) is 30.9 Å². The molecule has 2 aromatic heterocycles. The molecule has 3 aromatic rings. The van der Waals surface area contributed by atoms with Crippen LogP contribution in [0.25, 0.3) is 11.1 Å². The summed E-state index contributed by atoms with van der Waals surface area (Å²) >= 11 is 0. The molecule has 1 aliphatic heterocycles. The molecule has 1 atom stereocenters. The predicted octanol–water partition coefficient (Wildman–Crippen LogP) is 4.36. The summed E-state index contributed by atoms with van der Waals surface area (Å²) in [5, 5.41) is 0. The minimum Gasteiger partial charge on any atom is -0.496 e. The van der Waals surface area contributed by atoms with Gasteiger partial charge in [0.15, 0.2) is 0 Å². The molecule has 1 aliphatic rings. The van der Waals surface area contributed by atoms with Gasteiger partial charge in [0.25, 0.3) is 5.91 Å². The summed E-state index contributed by atoms with van der Waals surface area (Å²) in [5.41, 5.74) is 9.70. The van der Waals surface area contributed by atoms with Crippen LogP contribution in [-0.2, 0) is 6.42 Å². The molecule has 0 unspecified atom stereocenters. The maximum Gasteiger partial charge on any atom is 0.258 e. The Morgan fingerprint density at radius 1 is 1.24 bits per heavy atom. The number of halogens is 1. The SMILES string of the molecule is COc1ccncc1-c1cc(F)ccc1[C@H]1Cc2nc(N)nc(C)c2C(=O)N1CCC(C)C. The van der Waals surface area contributed by atoms with E-state index in [1.165, 1.54) is 12.1 Å². The molecule has 7 nitrogen and oxygen atoms in total. The van der Waals surface area contributed by atoms with Crippen molar-refractivity contribution in [1.82, 2.24) is 19.9 Å². The van der Waals surface area contributed by atoms with E-state index < -0.39 is 0 Å². The number of carbonyl (C=O) groups excluding carboxylic acids is 1. The van der Waals surface area contributed by atoms with Crippen molar-refractivity contribution in [3.05, 3.63) is 65.0 Å². The van der Waals surface area contributed by atoms with E-state index in [2.05, 4.69) is 28.8 Å². The molecule has 0 bridgehead atoms. The van der Waals surface area contributed by atoms with E-state index in [1.807, 2.05) is 4.90 Å². The molecule has 0 saturated heterocycles. The molecule has 4 rings (SSSR count). The maximum atomic E-state index is 14.4. The summed E-state index contributed by atoms with van der Waals surface area (Å²) < 4.78 is 19.9. The average molecular weight is 450 g/mol. The van der Waals surface area contributed by atoms with Crippen LogP contribution < -0.4 is 10.5 Å². The number of fused-ring (bicyclic) bond motifs is 1. The Balaban J connectivity index is 1.89. The number of nitrogen functional groups attached to an aromatic ring is 1. The number of amides is 1. The van der Waals surface area contributed by atoms with Crippen LogP contribution in [0, 0.1) is 18.7 Å². The number of rotatable bonds is 6. The summed E-state index contributed by atoms with van der Waals surface area (Å²) in [7, 11) is 1.57. The van der Waals surface area contributed by atoms with Gasteiger partial charge in [-0.05, 0) is 48.6 Å². The van der Waals surface area contributed by atoms with E-state index in [1.54, 1.807) is 38.6 Å². The van der Waals surface area contributed by atoms with Crippen molar-refractivity contribution < 1.29 is 13.9 Å². The normalized spacial score (nSPS) is 15.6. The molecule has 1 aromatic carbocycles. The lowest BCUT2D eigenvalue weighted by Crippen LogP contribution is -2.42. The second kappa shape index (κ2) is 9.13. The van der Waals surface area contributed by atoms with E-state index in [0.717, 1.165) is 12.0 Å².